The number of hydrogen-bond donors (Lipinski definition) is 2. The number of amidine groups is 1. The first-order chi connectivity index (χ1) is 16.0. The third-order valence-corrected chi connectivity index (χ3v) is 5.79. The van der Waals surface area contributed by atoms with Crippen molar-refractivity contribution < 1.29 is 23.9 Å². The molecule has 0 aliphatic carbocycles. The van der Waals surface area contributed by atoms with E-state index in [4.69, 9.17) is 31.3 Å². The van der Waals surface area contributed by atoms with E-state index in [0.29, 0.717) is 54.7 Å². The number of methoxy groups -OCH3 is 1. The summed E-state index contributed by atoms with van der Waals surface area (Å²) in [4.78, 5) is 22.1. The number of carbonyl (C=O) groups excluding carboxylic acids is 1. The molecule has 8 nitrogen and oxygen atoms in total. The zero-order chi connectivity index (χ0) is 23.4. The highest BCUT2D eigenvalue weighted by Gasteiger charge is 2.27. The number of halogens is 2. The predicted octanol–water partition coefficient (Wildman–Crippen LogP) is 4.89. The molecule has 2 heterocycles. The van der Waals surface area contributed by atoms with Crippen LogP contribution in [-0.4, -0.2) is 41.9 Å². The summed E-state index contributed by atoms with van der Waals surface area (Å²) in [6.07, 6.45) is 5.25. The number of nitrogens with one attached hydrogen (secondary N) is 1. The number of unbranched alkanes of at least 4 members (excludes halogenated alkanes) is 3. The summed E-state index contributed by atoms with van der Waals surface area (Å²) in [5, 5.41) is 8.54. The van der Waals surface area contributed by atoms with E-state index in [1.807, 2.05) is 17.0 Å². The number of carbonyl (C=O) groups is 1. The molecule has 2 aromatic rings. The molecule has 0 spiro atoms. The Kier molecular flexibility index (Phi) is 7.10. The summed E-state index contributed by atoms with van der Waals surface area (Å²) < 4.78 is 25.4. The Morgan fingerprint density at radius 3 is 2.79 bits per heavy atom. The van der Waals surface area contributed by atoms with Crippen LogP contribution in [0.5, 0.6) is 11.5 Å². The zero-order valence-electron chi connectivity index (χ0n) is 18.1. The number of hydrogen-bond acceptors (Lipinski definition) is 7. The highest BCUT2D eigenvalue weighted by molar-refractivity contribution is 6.31. The van der Waals surface area contributed by atoms with E-state index < -0.39 is 5.82 Å². The van der Waals surface area contributed by atoms with Gasteiger partial charge in [0.15, 0.2) is 11.5 Å². The lowest BCUT2D eigenvalue weighted by Gasteiger charge is -2.30. The minimum absolute atomic E-state index is 0.0343. The third-order valence-electron chi connectivity index (χ3n) is 5.50. The molecule has 0 bridgehead atoms. The van der Waals surface area contributed by atoms with Crippen LogP contribution >= 0.6 is 11.6 Å². The fourth-order valence-electron chi connectivity index (χ4n) is 3.77. The second kappa shape index (κ2) is 10.2. The van der Waals surface area contributed by atoms with Gasteiger partial charge in [0.2, 0.25) is 5.91 Å². The number of aliphatic imine (C=N–C) groups is 2. The van der Waals surface area contributed by atoms with Gasteiger partial charge in [-0.3, -0.25) is 10.0 Å². The van der Waals surface area contributed by atoms with Crippen LogP contribution < -0.4 is 15.0 Å². The van der Waals surface area contributed by atoms with Crippen molar-refractivity contribution in [1.29, 1.82) is 0 Å². The van der Waals surface area contributed by atoms with E-state index in [-0.39, 0.29) is 10.9 Å². The van der Waals surface area contributed by atoms with E-state index in [1.54, 1.807) is 18.9 Å². The maximum absolute atomic E-state index is 13.9. The summed E-state index contributed by atoms with van der Waals surface area (Å²) in [6, 6.07) is 6.60. The summed E-state index contributed by atoms with van der Waals surface area (Å²) in [5.74, 6) is 0.993. The van der Waals surface area contributed by atoms with Crippen molar-refractivity contribution in [2.75, 3.05) is 13.7 Å². The second-order valence-electron chi connectivity index (χ2n) is 7.77. The standard InChI is InChI=1S/C23H24ClFN4O4/c1-32-20-11-19-15(9-21(20)33-7-5-3-2-4-6-22(30)28-31)23-27-18-10-16(24)17(25)8-14(18)12-29(23)13-26-19/h8-11,13,31H,2-7,12H2,1H3,(H,28,30). The molecule has 10 heteroatoms. The molecular weight excluding hydrogens is 451 g/mol. The first kappa shape index (κ1) is 23.0. The zero-order valence-corrected chi connectivity index (χ0v) is 18.9. The normalized spacial score (nSPS) is 13.6. The van der Waals surface area contributed by atoms with E-state index >= 15 is 0 Å². The van der Waals surface area contributed by atoms with Gasteiger partial charge in [0, 0.05) is 23.6 Å². The smallest absolute Gasteiger partial charge is 0.243 e. The van der Waals surface area contributed by atoms with E-state index in [0.717, 1.165) is 30.4 Å². The quantitative estimate of drug-likeness (QED) is 0.306. The molecule has 0 fully saturated rings. The summed E-state index contributed by atoms with van der Waals surface area (Å²) in [6.45, 7) is 0.917. The average molecular weight is 475 g/mol. The van der Waals surface area contributed by atoms with Crippen LogP contribution in [-0.2, 0) is 11.3 Å². The van der Waals surface area contributed by atoms with Crippen molar-refractivity contribution in [3.63, 3.8) is 0 Å². The first-order valence-electron chi connectivity index (χ1n) is 10.7. The van der Waals surface area contributed by atoms with Crippen LogP contribution in [0.15, 0.2) is 34.3 Å². The van der Waals surface area contributed by atoms with Gasteiger partial charge in [-0.15, -0.1) is 0 Å². The minimum Gasteiger partial charge on any atom is -0.493 e. The summed E-state index contributed by atoms with van der Waals surface area (Å²) in [5.41, 5.74) is 4.48. The van der Waals surface area contributed by atoms with Crippen LogP contribution in [0.4, 0.5) is 15.8 Å². The Bertz CT molecular complexity index is 1120. The number of hydroxylamine groups is 1. The van der Waals surface area contributed by atoms with Crippen molar-refractivity contribution in [2.45, 2.75) is 38.6 Å². The Balaban J connectivity index is 1.48. The molecular formula is C23H24ClFN4O4. The molecule has 2 aliphatic heterocycles. The maximum atomic E-state index is 13.9. The van der Waals surface area contributed by atoms with Gasteiger partial charge in [-0.2, -0.15) is 0 Å². The van der Waals surface area contributed by atoms with Crippen LogP contribution in [0.2, 0.25) is 5.02 Å². The number of fused-ring (bicyclic) bond motifs is 4. The lowest BCUT2D eigenvalue weighted by molar-refractivity contribution is -0.129. The SMILES string of the molecule is COc1cc2c(cc1OCCCCCCC(=O)NO)C1=Nc3cc(Cl)c(F)cc3CN1C=N2. The molecule has 4 rings (SSSR count). The molecule has 0 saturated carbocycles. The fourth-order valence-corrected chi connectivity index (χ4v) is 3.93. The Morgan fingerprint density at radius 1 is 1.18 bits per heavy atom. The second-order valence-corrected chi connectivity index (χ2v) is 8.18. The molecule has 0 saturated heterocycles. The van der Waals surface area contributed by atoms with Crippen LogP contribution in [0.3, 0.4) is 0 Å². The van der Waals surface area contributed by atoms with Gasteiger partial charge < -0.3 is 14.4 Å². The molecule has 1 amide bonds. The van der Waals surface area contributed by atoms with Crippen molar-refractivity contribution in [1.82, 2.24) is 10.4 Å². The summed E-state index contributed by atoms with van der Waals surface area (Å²) >= 11 is 5.96. The predicted molar refractivity (Wildman–Crippen MR) is 123 cm³/mol. The Labute approximate surface area is 195 Å². The topological polar surface area (TPSA) is 95.8 Å². The molecule has 0 atom stereocenters. The van der Waals surface area contributed by atoms with Crippen molar-refractivity contribution in [3.05, 3.63) is 46.2 Å². The summed E-state index contributed by atoms with van der Waals surface area (Å²) in [7, 11) is 1.57. The third kappa shape index (κ3) is 5.09. The molecule has 2 aliphatic rings. The monoisotopic (exact) mass is 474 g/mol. The lowest BCUT2D eigenvalue weighted by Crippen LogP contribution is -2.34. The molecule has 0 unspecified atom stereocenters. The Hall–Kier alpha value is -3.17. The van der Waals surface area contributed by atoms with Crippen molar-refractivity contribution in [3.8, 4) is 11.5 Å². The van der Waals surface area contributed by atoms with E-state index in [9.17, 15) is 9.18 Å². The van der Waals surface area contributed by atoms with Gasteiger partial charge in [-0.1, -0.05) is 24.4 Å². The molecule has 2 N–H and O–H groups in total. The van der Waals surface area contributed by atoms with E-state index in [2.05, 4.69) is 4.99 Å². The number of rotatable bonds is 9. The molecule has 2 aromatic carbocycles. The highest BCUT2D eigenvalue weighted by Crippen LogP contribution is 2.40. The van der Waals surface area contributed by atoms with Crippen LogP contribution in [0.25, 0.3) is 0 Å². The molecule has 0 aromatic heterocycles. The number of nitrogens with zero attached hydrogens (tertiary/aromatic N) is 3. The largest absolute Gasteiger partial charge is 0.493 e. The Morgan fingerprint density at radius 2 is 2.00 bits per heavy atom. The number of ether oxygens (including phenoxy) is 2. The van der Waals surface area contributed by atoms with Gasteiger partial charge in [0.25, 0.3) is 0 Å². The average Bonchev–Trinajstić information content (AvgIpc) is 2.82. The van der Waals surface area contributed by atoms with Gasteiger partial charge in [-0.25, -0.2) is 19.9 Å². The molecule has 33 heavy (non-hydrogen) atoms. The fraction of sp³-hybridized carbons (Fsp3) is 0.348. The van der Waals surface area contributed by atoms with Gasteiger partial charge in [0.05, 0.1) is 43.0 Å². The maximum Gasteiger partial charge on any atom is 0.243 e. The van der Waals surface area contributed by atoms with Crippen LogP contribution in [0, 0.1) is 5.82 Å². The minimum atomic E-state index is -0.472. The number of benzene rings is 2. The van der Waals surface area contributed by atoms with Crippen molar-refractivity contribution in [2.24, 2.45) is 9.98 Å². The highest BCUT2D eigenvalue weighted by atomic mass is 35.5. The lowest BCUT2D eigenvalue weighted by atomic mass is 10.0. The van der Waals surface area contributed by atoms with E-state index in [1.165, 1.54) is 12.1 Å². The van der Waals surface area contributed by atoms with Crippen LogP contribution in [0.1, 0.15) is 43.2 Å². The van der Waals surface area contributed by atoms with Gasteiger partial charge in [0.1, 0.15) is 11.7 Å². The molecule has 0 radical (unpaired) electrons. The van der Waals surface area contributed by atoms with Gasteiger partial charge in [-0.05, 0) is 31.0 Å². The number of amides is 1. The van der Waals surface area contributed by atoms with Crippen molar-refractivity contribution >= 4 is 41.1 Å². The first-order valence-corrected chi connectivity index (χ1v) is 11.0. The molecule has 174 valence electrons. The van der Waals surface area contributed by atoms with Gasteiger partial charge >= 0.3 is 0 Å².